The first-order valence-corrected chi connectivity index (χ1v) is 8.33. The second-order valence-corrected chi connectivity index (χ2v) is 5.74. The van der Waals surface area contributed by atoms with E-state index in [1.165, 1.54) is 24.3 Å². The minimum absolute atomic E-state index is 0.0793. The van der Waals surface area contributed by atoms with Crippen molar-refractivity contribution in [2.75, 3.05) is 19.8 Å². The maximum Gasteiger partial charge on any atom is 0.612 e. The number of nitrogens with zero attached hydrogens (tertiary/aromatic N) is 4. The van der Waals surface area contributed by atoms with E-state index in [4.69, 9.17) is 14.2 Å². The smallest absolute Gasteiger partial charge is 0.491 e. The third-order valence-electron chi connectivity index (χ3n) is 3.78. The van der Waals surface area contributed by atoms with Crippen LogP contribution in [-0.4, -0.2) is 45.4 Å². The standard InChI is InChI=1S/C16H14N4O11/c21-17(22)12-1-5-14(6-2-12)29-9-10-31-16(19(25)26,20(27)28)11-30-15-7-3-13(4-8-15)18(23)24/h1-8H,9-11H2. The molecular weight excluding hydrogens is 424 g/mol. The molecule has 0 fully saturated rings. The van der Waals surface area contributed by atoms with Crippen LogP contribution >= 0.6 is 0 Å². The molecular formula is C16H14N4O11. The van der Waals surface area contributed by atoms with Crippen LogP contribution in [0.1, 0.15) is 0 Å². The Balaban J connectivity index is 1.98. The van der Waals surface area contributed by atoms with Crippen molar-refractivity contribution in [2.24, 2.45) is 0 Å². The van der Waals surface area contributed by atoms with E-state index in [1.807, 2.05) is 0 Å². The highest BCUT2D eigenvalue weighted by atomic mass is 16.8. The first-order chi connectivity index (χ1) is 14.7. The third kappa shape index (κ3) is 5.80. The number of rotatable bonds is 12. The largest absolute Gasteiger partial charge is 0.612 e. The zero-order valence-corrected chi connectivity index (χ0v) is 15.5. The van der Waals surface area contributed by atoms with E-state index in [-0.39, 0.29) is 29.5 Å². The highest BCUT2D eigenvalue weighted by Crippen LogP contribution is 2.21. The maximum atomic E-state index is 11.4. The van der Waals surface area contributed by atoms with Crippen molar-refractivity contribution in [2.45, 2.75) is 5.85 Å². The lowest BCUT2D eigenvalue weighted by molar-refractivity contribution is -0.851. The molecule has 0 aliphatic rings. The van der Waals surface area contributed by atoms with Gasteiger partial charge in [0.05, 0.1) is 16.5 Å². The lowest BCUT2D eigenvalue weighted by Crippen LogP contribution is -2.54. The minimum atomic E-state index is -3.15. The van der Waals surface area contributed by atoms with Crippen LogP contribution in [0.25, 0.3) is 0 Å². The summed E-state index contributed by atoms with van der Waals surface area (Å²) in [6.07, 6.45) is 0. The Hall–Kier alpha value is -4.40. The number of hydrogen-bond acceptors (Lipinski definition) is 11. The fourth-order valence-corrected chi connectivity index (χ4v) is 2.19. The summed E-state index contributed by atoms with van der Waals surface area (Å²) in [7, 11) is 0. The van der Waals surface area contributed by atoms with Crippen LogP contribution < -0.4 is 9.47 Å². The van der Waals surface area contributed by atoms with Gasteiger partial charge in [0.2, 0.25) is 0 Å². The first kappa shape index (κ1) is 22.9. The van der Waals surface area contributed by atoms with Crippen LogP contribution in [0.3, 0.4) is 0 Å². The van der Waals surface area contributed by atoms with Crippen LogP contribution in [0, 0.1) is 40.5 Å². The molecule has 0 spiro atoms. The third-order valence-corrected chi connectivity index (χ3v) is 3.78. The Kier molecular flexibility index (Phi) is 7.29. The van der Waals surface area contributed by atoms with Gasteiger partial charge in [0.25, 0.3) is 18.0 Å². The molecule has 31 heavy (non-hydrogen) atoms. The molecule has 0 aromatic heterocycles. The predicted octanol–water partition coefficient (Wildman–Crippen LogP) is 2.18. The quantitative estimate of drug-likeness (QED) is 0.203. The average molecular weight is 438 g/mol. The molecule has 15 heteroatoms. The van der Waals surface area contributed by atoms with Gasteiger partial charge >= 0.3 is 5.85 Å². The van der Waals surface area contributed by atoms with E-state index in [2.05, 4.69) is 0 Å². The van der Waals surface area contributed by atoms with E-state index >= 15 is 0 Å². The molecule has 0 radical (unpaired) electrons. The van der Waals surface area contributed by atoms with Crippen molar-refractivity contribution in [1.29, 1.82) is 0 Å². The summed E-state index contributed by atoms with van der Waals surface area (Å²) in [4.78, 5) is 40.1. The highest BCUT2D eigenvalue weighted by molar-refractivity contribution is 5.36. The van der Waals surface area contributed by atoms with Crippen molar-refractivity contribution in [3.8, 4) is 11.5 Å². The molecule has 2 rings (SSSR count). The molecule has 0 amide bonds. The molecule has 0 aliphatic carbocycles. The van der Waals surface area contributed by atoms with Gasteiger partial charge in [-0.3, -0.25) is 40.5 Å². The van der Waals surface area contributed by atoms with Gasteiger partial charge < -0.3 is 9.47 Å². The molecule has 0 heterocycles. The van der Waals surface area contributed by atoms with Gasteiger partial charge in [-0.05, 0) is 24.3 Å². The van der Waals surface area contributed by atoms with Crippen molar-refractivity contribution in [1.82, 2.24) is 0 Å². The number of benzene rings is 2. The van der Waals surface area contributed by atoms with Crippen molar-refractivity contribution >= 4 is 11.4 Å². The van der Waals surface area contributed by atoms with Crippen molar-refractivity contribution in [3.05, 3.63) is 89.0 Å². The number of non-ortho nitro benzene ring substituents is 2. The Morgan fingerprint density at radius 2 is 1.06 bits per heavy atom. The van der Waals surface area contributed by atoms with Gasteiger partial charge in [-0.25, -0.2) is 4.74 Å². The summed E-state index contributed by atoms with van der Waals surface area (Å²) in [5.74, 6) is -3.05. The first-order valence-electron chi connectivity index (χ1n) is 8.33. The number of ether oxygens (including phenoxy) is 3. The fourth-order valence-electron chi connectivity index (χ4n) is 2.19. The van der Waals surface area contributed by atoms with Crippen LogP contribution in [0.5, 0.6) is 11.5 Å². The summed E-state index contributed by atoms with van der Waals surface area (Å²) in [6, 6.07) is 9.29. The molecule has 0 saturated carbocycles. The number of nitro benzene ring substituents is 2. The number of nitro groups is 4. The van der Waals surface area contributed by atoms with E-state index in [9.17, 15) is 40.5 Å². The molecule has 0 aliphatic heterocycles. The molecule has 0 saturated heterocycles. The second-order valence-electron chi connectivity index (χ2n) is 5.74. The summed E-state index contributed by atoms with van der Waals surface area (Å²) < 4.78 is 15.1. The monoisotopic (exact) mass is 438 g/mol. The lowest BCUT2D eigenvalue weighted by Gasteiger charge is -2.17. The second kappa shape index (κ2) is 9.88. The Morgan fingerprint density at radius 1 is 0.645 bits per heavy atom. The van der Waals surface area contributed by atoms with Crippen molar-refractivity contribution in [3.63, 3.8) is 0 Å². The Bertz CT molecular complexity index is 949. The van der Waals surface area contributed by atoms with Gasteiger partial charge in [0, 0.05) is 24.3 Å². The van der Waals surface area contributed by atoms with E-state index in [0.717, 1.165) is 24.3 Å². The van der Waals surface area contributed by atoms with Crippen LogP contribution in [0.4, 0.5) is 11.4 Å². The molecule has 0 atom stereocenters. The van der Waals surface area contributed by atoms with Gasteiger partial charge in [0.1, 0.15) is 28.0 Å². The van der Waals surface area contributed by atoms with Gasteiger partial charge in [0.15, 0.2) is 0 Å². The predicted molar refractivity (Wildman–Crippen MR) is 99.9 cm³/mol. The van der Waals surface area contributed by atoms with Gasteiger partial charge in [-0.2, -0.15) is 0 Å². The number of hydrogen-bond donors (Lipinski definition) is 0. The zero-order valence-electron chi connectivity index (χ0n) is 15.5. The molecule has 0 bridgehead atoms. The zero-order chi connectivity index (χ0) is 23.0. The lowest BCUT2D eigenvalue weighted by atomic mass is 10.3. The maximum absolute atomic E-state index is 11.4. The average Bonchev–Trinajstić information content (AvgIpc) is 2.73. The van der Waals surface area contributed by atoms with Gasteiger partial charge in [-0.1, -0.05) is 0 Å². The highest BCUT2D eigenvalue weighted by Gasteiger charge is 2.60. The molecule has 0 N–H and O–H groups in total. The minimum Gasteiger partial charge on any atom is -0.491 e. The summed E-state index contributed by atoms with van der Waals surface area (Å²) in [5, 5.41) is 43.9. The van der Waals surface area contributed by atoms with Crippen LogP contribution in [0.15, 0.2) is 48.5 Å². The normalized spacial score (nSPS) is 10.8. The van der Waals surface area contributed by atoms with E-state index in [0.29, 0.717) is 0 Å². The van der Waals surface area contributed by atoms with Gasteiger partial charge in [-0.15, -0.1) is 0 Å². The molecule has 164 valence electrons. The molecule has 0 unspecified atom stereocenters. The summed E-state index contributed by atoms with van der Waals surface area (Å²) >= 11 is 0. The fraction of sp³-hybridized carbons (Fsp3) is 0.250. The van der Waals surface area contributed by atoms with E-state index < -0.39 is 38.8 Å². The topological polar surface area (TPSA) is 200 Å². The van der Waals surface area contributed by atoms with Crippen LogP contribution in [0.2, 0.25) is 0 Å². The summed E-state index contributed by atoms with van der Waals surface area (Å²) in [5.41, 5.74) is -0.436. The Labute approximate surface area is 172 Å². The molecule has 2 aromatic rings. The Morgan fingerprint density at radius 3 is 1.45 bits per heavy atom. The molecule has 15 nitrogen and oxygen atoms in total. The van der Waals surface area contributed by atoms with Crippen LogP contribution in [-0.2, 0) is 4.74 Å². The molecule has 2 aromatic carbocycles. The van der Waals surface area contributed by atoms with Crippen molar-refractivity contribution < 1.29 is 33.9 Å². The summed E-state index contributed by atoms with van der Waals surface area (Å²) in [6.45, 7) is -2.04. The SMILES string of the molecule is O=[N+]([O-])c1ccc(OCCOC(COc2ccc([N+](=O)[O-])cc2)([N+](=O)[O-])[N+](=O)[O-])cc1. The van der Waals surface area contributed by atoms with E-state index in [1.54, 1.807) is 0 Å².